The molecule has 7 heteroatoms. The molecular formula is C29H32N4O3. The molecule has 186 valence electrons. The molecule has 1 aromatic heterocycles. The topological polar surface area (TPSA) is 74.8 Å². The minimum atomic E-state index is -0.359. The van der Waals surface area contributed by atoms with Crippen LogP contribution in [0.3, 0.4) is 0 Å². The number of ether oxygens (including phenoxy) is 1. The Labute approximate surface area is 212 Å². The number of esters is 1. The Hall–Kier alpha value is -3.97. The summed E-state index contributed by atoms with van der Waals surface area (Å²) in [5, 5.41) is 2.97. The number of aromatic nitrogens is 1. The van der Waals surface area contributed by atoms with E-state index in [9.17, 15) is 9.59 Å². The fourth-order valence-electron chi connectivity index (χ4n) is 4.09. The summed E-state index contributed by atoms with van der Waals surface area (Å²) in [4.78, 5) is 33.2. The molecule has 4 rings (SSSR count). The number of amides is 1. The van der Waals surface area contributed by atoms with Gasteiger partial charge in [0.1, 0.15) is 0 Å². The van der Waals surface area contributed by atoms with Gasteiger partial charge in [-0.25, -0.2) is 4.79 Å². The molecule has 0 radical (unpaired) electrons. The van der Waals surface area contributed by atoms with Gasteiger partial charge in [0.25, 0.3) is 5.91 Å². The number of nitrogens with zero attached hydrogens (tertiary/aromatic N) is 3. The van der Waals surface area contributed by atoms with Gasteiger partial charge in [-0.15, -0.1) is 0 Å². The smallest absolute Gasteiger partial charge is 0.330 e. The zero-order chi connectivity index (χ0) is 25.2. The molecule has 0 spiro atoms. The first-order chi connectivity index (χ1) is 17.6. The van der Waals surface area contributed by atoms with Crippen molar-refractivity contribution in [1.29, 1.82) is 0 Å². The first-order valence-corrected chi connectivity index (χ1v) is 12.3. The Balaban J connectivity index is 1.23. The molecule has 36 heavy (non-hydrogen) atoms. The van der Waals surface area contributed by atoms with Gasteiger partial charge in [-0.05, 0) is 60.5 Å². The second kappa shape index (κ2) is 12.7. The Morgan fingerprint density at radius 2 is 1.72 bits per heavy atom. The van der Waals surface area contributed by atoms with Gasteiger partial charge in [0.05, 0.1) is 12.3 Å². The molecule has 7 nitrogen and oxygen atoms in total. The van der Waals surface area contributed by atoms with Crippen molar-refractivity contribution in [1.82, 2.24) is 15.2 Å². The minimum absolute atomic E-state index is 0.104. The molecule has 1 aliphatic rings. The van der Waals surface area contributed by atoms with Crippen molar-refractivity contribution in [2.24, 2.45) is 0 Å². The molecule has 0 bridgehead atoms. The monoisotopic (exact) mass is 484 g/mol. The molecule has 1 saturated heterocycles. The second-order valence-electron chi connectivity index (χ2n) is 8.64. The average Bonchev–Trinajstić information content (AvgIpc) is 2.92. The number of hydrogen-bond acceptors (Lipinski definition) is 6. The summed E-state index contributed by atoms with van der Waals surface area (Å²) >= 11 is 0. The highest BCUT2D eigenvalue weighted by molar-refractivity contribution is 5.94. The van der Waals surface area contributed by atoms with Crippen LogP contribution in [0.1, 0.15) is 34.1 Å². The van der Waals surface area contributed by atoms with Crippen molar-refractivity contribution in [3.63, 3.8) is 0 Å². The van der Waals surface area contributed by atoms with Gasteiger partial charge in [-0.2, -0.15) is 0 Å². The SMILES string of the molecule is CCOC(=O)/C=C/c1ccc(CNC(=O)c2ccc(N3CCN(Cc4ccccn4)CC3)cc2)cc1. The molecule has 0 unspecified atom stereocenters. The van der Waals surface area contributed by atoms with Crippen LogP contribution in [0.4, 0.5) is 5.69 Å². The summed E-state index contributed by atoms with van der Waals surface area (Å²) in [7, 11) is 0. The van der Waals surface area contributed by atoms with E-state index >= 15 is 0 Å². The van der Waals surface area contributed by atoms with Gasteiger partial charge < -0.3 is 15.0 Å². The lowest BCUT2D eigenvalue weighted by Gasteiger charge is -2.36. The van der Waals surface area contributed by atoms with E-state index < -0.39 is 0 Å². The maximum absolute atomic E-state index is 12.6. The predicted molar refractivity (Wildman–Crippen MR) is 141 cm³/mol. The molecule has 1 fully saturated rings. The average molecular weight is 485 g/mol. The molecule has 3 aromatic rings. The van der Waals surface area contributed by atoms with Crippen LogP contribution in [0.2, 0.25) is 0 Å². The number of benzene rings is 2. The molecule has 1 N–H and O–H groups in total. The number of carbonyl (C=O) groups excluding carboxylic acids is 2. The summed E-state index contributed by atoms with van der Waals surface area (Å²) in [5.74, 6) is -0.462. The lowest BCUT2D eigenvalue weighted by Crippen LogP contribution is -2.46. The third kappa shape index (κ3) is 7.26. The van der Waals surface area contributed by atoms with Crippen LogP contribution in [0.15, 0.2) is 79.0 Å². The Morgan fingerprint density at radius 3 is 2.39 bits per heavy atom. The molecule has 1 aliphatic heterocycles. The summed E-state index contributed by atoms with van der Waals surface area (Å²) in [6.07, 6.45) is 4.96. The van der Waals surface area contributed by atoms with Gasteiger partial charge in [0, 0.05) is 62.8 Å². The molecule has 0 aliphatic carbocycles. The summed E-state index contributed by atoms with van der Waals surface area (Å²) in [5.41, 5.74) is 4.75. The summed E-state index contributed by atoms with van der Waals surface area (Å²) < 4.78 is 4.88. The molecule has 1 amide bonds. The van der Waals surface area contributed by atoms with Crippen molar-refractivity contribution < 1.29 is 14.3 Å². The van der Waals surface area contributed by atoms with E-state index in [2.05, 4.69) is 26.2 Å². The first-order valence-electron chi connectivity index (χ1n) is 12.3. The van der Waals surface area contributed by atoms with Gasteiger partial charge in [0.15, 0.2) is 0 Å². The molecule has 0 saturated carbocycles. The molecule has 2 heterocycles. The van der Waals surface area contributed by atoms with E-state index in [4.69, 9.17) is 4.74 Å². The highest BCUT2D eigenvalue weighted by atomic mass is 16.5. The summed E-state index contributed by atoms with van der Waals surface area (Å²) in [6.45, 7) is 7.30. The second-order valence-corrected chi connectivity index (χ2v) is 8.64. The van der Waals surface area contributed by atoms with E-state index in [0.29, 0.717) is 18.7 Å². The zero-order valence-corrected chi connectivity index (χ0v) is 20.6. The lowest BCUT2D eigenvalue weighted by atomic mass is 10.1. The zero-order valence-electron chi connectivity index (χ0n) is 20.6. The van der Waals surface area contributed by atoms with E-state index in [-0.39, 0.29) is 11.9 Å². The third-order valence-electron chi connectivity index (χ3n) is 6.11. The quantitative estimate of drug-likeness (QED) is 0.367. The van der Waals surface area contributed by atoms with Crippen molar-refractivity contribution in [3.05, 3.63) is 101 Å². The highest BCUT2D eigenvalue weighted by Crippen LogP contribution is 2.18. The maximum Gasteiger partial charge on any atom is 0.330 e. The number of carbonyl (C=O) groups is 2. The van der Waals surface area contributed by atoms with Crippen molar-refractivity contribution in [2.75, 3.05) is 37.7 Å². The predicted octanol–water partition coefficient (Wildman–Crippen LogP) is 3.91. The van der Waals surface area contributed by atoms with Crippen LogP contribution in [0, 0.1) is 0 Å². The van der Waals surface area contributed by atoms with E-state index in [1.807, 2.05) is 66.9 Å². The summed E-state index contributed by atoms with van der Waals surface area (Å²) in [6, 6.07) is 21.5. The standard InChI is InChI=1S/C29H32N4O3/c1-2-36-28(34)15-10-23-6-8-24(9-7-23)21-31-29(35)25-11-13-27(14-12-25)33-19-17-32(18-20-33)22-26-5-3-4-16-30-26/h3-16H,2,17-22H2,1H3,(H,31,35)/b15-10+. The number of pyridine rings is 1. The number of piperazine rings is 1. The van der Waals surface area contributed by atoms with Crippen molar-refractivity contribution in [3.8, 4) is 0 Å². The Bertz CT molecular complexity index is 1150. The van der Waals surface area contributed by atoms with Gasteiger partial charge in [0.2, 0.25) is 0 Å². The Morgan fingerprint density at radius 1 is 0.972 bits per heavy atom. The number of nitrogens with one attached hydrogen (secondary N) is 1. The van der Waals surface area contributed by atoms with Crippen LogP contribution in [0.25, 0.3) is 6.08 Å². The largest absolute Gasteiger partial charge is 0.463 e. The number of anilines is 1. The van der Waals surface area contributed by atoms with Crippen LogP contribution in [0.5, 0.6) is 0 Å². The first kappa shape index (κ1) is 25.1. The van der Waals surface area contributed by atoms with Crippen LogP contribution < -0.4 is 10.2 Å². The van der Waals surface area contributed by atoms with Gasteiger partial charge in [-0.1, -0.05) is 30.3 Å². The molecule has 0 atom stereocenters. The van der Waals surface area contributed by atoms with E-state index in [0.717, 1.165) is 55.2 Å². The van der Waals surface area contributed by atoms with Crippen LogP contribution in [-0.4, -0.2) is 54.5 Å². The van der Waals surface area contributed by atoms with Gasteiger partial charge >= 0.3 is 5.97 Å². The molecule has 2 aromatic carbocycles. The highest BCUT2D eigenvalue weighted by Gasteiger charge is 2.18. The van der Waals surface area contributed by atoms with Crippen molar-refractivity contribution in [2.45, 2.75) is 20.0 Å². The molecular weight excluding hydrogens is 452 g/mol. The lowest BCUT2D eigenvalue weighted by molar-refractivity contribution is -0.137. The maximum atomic E-state index is 12.6. The van der Waals surface area contributed by atoms with Crippen molar-refractivity contribution >= 4 is 23.6 Å². The minimum Gasteiger partial charge on any atom is -0.463 e. The third-order valence-corrected chi connectivity index (χ3v) is 6.11. The Kier molecular flexibility index (Phi) is 8.83. The van der Waals surface area contributed by atoms with Crippen LogP contribution >= 0.6 is 0 Å². The van der Waals surface area contributed by atoms with E-state index in [1.54, 1.807) is 13.0 Å². The fraction of sp³-hybridized carbons (Fsp3) is 0.276. The normalized spacial score (nSPS) is 14.1. The fourth-order valence-corrected chi connectivity index (χ4v) is 4.09. The van der Waals surface area contributed by atoms with Crippen LogP contribution in [-0.2, 0) is 22.6 Å². The van der Waals surface area contributed by atoms with E-state index in [1.165, 1.54) is 6.08 Å². The van der Waals surface area contributed by atoms with Gasteiger partial charge in [-0.3, -0.25) is 14.7 Å². The number of rotatable bonds is 9. The number of hydrogen-bond donors (Lipinski definition) is 1.